The second kappa shape index (κ2) is 9.88. The van der Waals surface area contributed by atoms with Crippen LogP contribution in [0.2, 0.25) is 0 Å². The minimum Gasteiger partial charge on any atom is -0.457 e. The summed E-state index contributed by atoms with van der Waals surface area (Å²) < 4.78 is 10.8. The molecule has 0 aliphatic heterocycles. The third kappa shape index (κ3) is 5.68. The Labute approximate surface area is 173 Å². The maximum Gasteiger partial charge on any atom is 0.326 e. The van der Waals surface area contributed by atoms with Crippen molar-refractivity contribution in [2.24, 2.45) is 5.73 Å². The first kappa shape index (κ1) is 20.6. The van der Waals surface area contributed by atoms with Crippen LogP contribution in [0.4, 0.5) is 0 Å². The average Bonchev–Trinajstić information content (AvgIpc) is 2.77. The molecule has 7 nitrogen and oxygen atoms in total. The Balaban J connectivity index is 1.53. The molecule has 3 N–H and O–H groups in total. The van der Waals surface area contributed by atoms with Crippen molar-refractivity contribution in [3.8, 4) is 11.5 Å². The van der Waals surface area contributed by atoms with Gasteiger partial charge in [0.1, 0.15) is 18.0 Å². The quantitative estimate of drug-likeness (QED) is 0.561. The van der Waals surface area contributed by atoms with Crippen molar-refractivity contribution in [1.29, 1.82) is 0 Å². The molecule has 152 valence electrons. The summed E-state index contributed by atoms with van der Waals surface area (Å²) in [5, 5.41) is 2.46. The minimum atomic E-state index is -1.22. The summed E-state index contributed by atoms with van der Waals surface area (Å²) in [6.07, 6.45) is -1.22. The lowest BCUT2D eigenvalue weighted by Crippen LogP contribution is -2.33. The van der Waals surface area contributed by atoms with E-state index in [1.54, 1.807) is 54.6 Å². The van der Waals surface area contributed by atoms with Crippen molar-refractivity contribution in [1.82, 2.24) is 5.32 Å². The lowest BCUT2D eigenvalue weighted by Gasteiger charge is -2.15. The number of amides is 2. The molecule has 0 radical (unpaired) electrons. The number of hydrogen-bond acceptors (Lipinski definition) is 5. The maximum atomic E-state index is 12.3. The highest BCUT2D eigenvalue weighted by molar-refractivity contribution is 5.96. The van der Waals surface area contributed by atoms with Crippen molar-refractivity contribution in [3.05, 3.63) is 96.1 Å². The van der Waals surface area contributed by atoms with Gasteiger partial charge in [-0.25, -0.2) is 0 Å². The lowest BCUT2D eigenvalue weighted by atomic mass is 10.1. The number of nitrogens with one attached hydrogen (secondary N) is 1. The number of nitrogens with two attached hydrogens (primary N) is 1. The molecule has 7 heteroatoms. The number of benzene rings is 3. The molecule has 0 bridgehead atoms. The molecule has 30 heavy (non-hydrogen) atoms. The molecule has 0 spiro atoms. The third-order valence-electron chi connectivity index (χ3n) is 4.10. The first-order valence-corrected chi connectivity index (χ1v) is 9.18. The Hall–Kier alpha value is -4.13. The predicted molar refractivity (Wildman–Crippen MR) is 110 cm³/mol. The summed E-state index contributed by atoms with van der Waals surface area (Å²) in [6, 6.07) is 24.1. The first-order valence-electron chi connectivity index (χ1n) is 9.18. The summed E-state index contributed by atoms with van der Waals surface area (Å²) in [6.45, 7) is -0.405. The zero-order valence-electron chi connectivity index (χ0n) is 16.0. The van der Waals surface area contributed by atoms with Gasteiger partial charge in [-0.1, -0.05) is 48.5 Å². The number of hydrogen-bond donors (Lipinski definition) is 2. The van der Waals surface area contributed by atoms with Gasteiger partial charge < -0.3 is 20.5 Å². The van der Waals surface area contributed by atoms with E-state index in [0.717, 1.165) is 0 Å². The van der Waals surface area contributed by atoms with Gasteiger partial charge in [0.15, 0.2) is 0 Å². The van der Waals surface area contributed by atoms with Gasteiger partial charge in [0.25, 0.3) is 11.8 Å². The summed E-state index contributed by atoms with van der Waals surface area (Å²) in [5.41, 5.74) is 6.12. The molecule has 0 fully saturated rings. The van der Waals surface area contributed by atoms with E-state index < -0.39 is 30.4 Å². The highest BCUT2D eigenvalue weighted by Gasteiger charge is 2.22. The molecular weight excluding hydrogens is 384 g/mol. The number of carbonyl (C=O) groups is 3. The molecule has 0 saturated heterocycles. The van der Waals surface area contributed by atoms with Crippen LogP contribution in [-0.2, 0) is 14.3 Å². The summed E-state index contributed by atoms with van der Waals surface area (Å²) in [4.78, 5) is 35.9. The molecule has 0 aliphatic carbocycles. The zero-order valence-corrected chi connectivity index (χ0v) is 16.0. The second-order valence-corrected chi connectivity index (χ2v) is 6.31. The molecule has 0 aromatic heterocycles. The molecule has 3 aromatic carbocycles. The van der Waals surface area contributed by atoms with E-state index in [1.165, 1.54) is 0 Å². The molecule has 1 unspecified atom stereocenters. The zero-order chi connectivity index (χ0) is 21.3. The molecule has 0 saturated carbocycles. The van der Waals surface area contributed by atoms with Crippen molar-refractivity contribution >= 4 is 17.8 Å². The van der Waals surface area contributed by atoms with Crippen molar-refractivity contribution in [3.63, 3.8) is 0 Å². The maximum absolute atomic E-state index is 12.3. The normalized spacial score (nSPS) is 11.2. The van der Waals surface area contributed by atoms with Crippen LogP contribution in [0.5, 0.6) is 11.5 Å². The molecule has 0 heterocycles. The van der Waals surface area contributed by atoms with Gasteiger partial charge in [0, 0.05) is 11.1 Å². The predicted octanol–water partition coefficient (Wildman–Crippen LogP) is 2.98. The summed E-state index contributed by atoms with van der Waals surface area (Å²) in [5.74, 6) is -0.785. The molecule has 1 atom stereocenters. The van der Waals surface area contributed by atoms with Crippen LogP contribution in [-0.4, -0.2) is 24.3 Å². The van der Waals surface area contributed by atoms with Crippen molar-refractivity contribution < 1.29 is 23.9 Å². The fourth-order valence-corrected chi connectivity index (χ4v) is 2.64. The third-order valence-corrected chi connectivity index (χ3v) is 4.10. The topological polar surface area (TPSA) is 108 Å². The van der Waals surface area contributed by atoms with Crippen LogP contribution in [0.15, 0.2) is 84.9 Å². The van der Waals surface area contributed by atoms with E-state index in [2.05, 4.69) is 5.32 Å². The van der Waals surface area contributed by atoms with Gasteiger partial charge in [0.05, 0.1) is 0 Å². The number of ether oxygens (including phenoxy) is 2. The van der Waals surface area contributed by atoms with Crippen molar-refractivity contribution in [2.75, 3.05) is 6.54 Å². The standard InChI is InChI=1S/C23H20N2O5/c24-22(27)21(16-7-3-1-4-8-16)30-20(26)15-25-23(28)17-11-13-19(14-12-17)29-18-9-5-2-6-10-18/h1-14,21H,15H2,(H2,24,27)(H,25,28). The monoisotopic (exact) mass is 404 g/mol. The van der Waals surface area contributed by atoms with Crippen LogP contribution >= 0.6 is 0 Å². The van der Waals surface area contributed by atoms with E-state index in [9.17, 15) is 14.4 Å². The molecule has 0 aliphatic rings. The number of esters is 1. The van der Waals surface area contributed by atoms with Crippen LogP contribution in [0, 0.1) is 0 Å². The van der Waals surface area contributed by atoms with Gasteiger partial charge in [-0.3, -0.25) is 14.4 Å². The Morgan fingerprint density at radius 2 is 1.37 bits per heavy atom. The fourth-order valence-electron chi connectivity index (χ4n) is 2.64. The Morgan fingerprint density at radius 3 is 1.97 bits per heavy atom. The van der Waals surface area contributed by atoms with E-state index >= 15 is 0 Å². The number of carbonyl (C=O) groups excluding carboxylic acids is 3. The molecule has 2 amide bonds. The molecular formula is C23H20N2O5. The Kier molecular flexibility index (Phi) is 6.78. The Bertz CT molecular complexity index is 1000. The fraction of sp³-hybridized carbons (Fsp3) is 0.0870. The highest BCUT2D eigenvalue weighted by Crippen LogP contribution is 2.21. The lowest BCUT2D eigenvalue weighted by molar-refractivity contribution is -0.154. The van der Waals surface area contributed by atoms with Gasteiger partial charge in [-0.2, -0.15) is 0 Å². The van der Waals surface area contributed by atoms with Crippen LogP contribution < -0.4 is 15.8 Å². The minimum absolute atomic E-state index is 0.345. The summed E-state index contributed by atoms with van der Waals surface area (Å²) >= 11 is 0. The first-order chi connectivity index (χ1) is 14.5. The van der Waals surface area contributed by atoms with Gasteiger partial charge in [-0.05, 0) is 36.4 Å². The van der Waals surface area contributed by atoms with E-state index in [-0.39, 0.29) is 0 Å². The highest BCUT2D eigenvalue weighted by atomic mass is 16.5. The van der Waals surface area contributed by atoms with Crippen molar-refractivity contribution in [2.45, 2.75) is 6.10 Å². The largest absolute Gasteiger partial charge is 0.457 e. The SMILES string of the molecule is NC(=O)C(OC(=O)CNC(=O)c1ccc(Oc2ccccc2)cc1)c1ccccc1. The Morgan fingerprint density at radius 1 is 0.800 bits per heavy atom. The van der Waals surface area contributed by atoms with E-state index in [0.29, 0.717) is 22.6 Å². The van der Waals surface area contributed by atoms with Crippen LogP contribution in [0.3, 0.4) is 0 Å². The van der Waals surface area contributed by atoms with E-state index in [4.69, 9.17) is 15.2 Å². The van der Waals surface area contributed by atoms with Crippen LogP contribution in [0.1, 0.15) is 22.0 Å². The number of primary amides is 1. The number of rotatable bonds is 8. The second-order valence-electron chi connectivity index (χ2n) is 6.31. The van der Waals surface area contributed by atoms with Crippen LogP contribution in [0.25, 0.3) is 0 Å². The average molecular weight is 404 g/mol. The van der Waals surface area contributed by atoms with Gasteiger partial charge >= 0.3 is 5.97 Å². The van der Waals surface area contributed by atoms with Gasteiger partial charge in [0.2, 0.25) is 6.10 Å². The molecule has 3 aromatic rings. The van der Waals surface area contributed by atoms with E-state index in [1.807, 2.05) is 30.3 Å². The molecule has 3 rings (SSSR count). The number of para-hydroxylation sites is 1. The summed E-state index contributed by atoms with van der Waals surface area (Å²) in [7, 11) is 0. The van der Waals surface area contributed by atoms with Gasteiger partial charge in [-0.15, -0.1) is 0 Å². The smallest absolute Gasteiger partial charge is 0.326 e.